The Morgan fingerprint density at radius 1 is 1.45 bits per heavy atom. The van der Waals surface area contributed by atoms with Gasteiger partial charge >= 0.3 is 0 Å². The van der Waals surface area contributed by atoms with Gasteiger partial charge in [-0.15, -0.1) is 0 Å². The van der Waals surface area contributed by atoms with Crippen molar-refractivity contribution in [3.05, 3.63) is 30.2 Å². The summed E-state index contributed by atoms with van der Waals surface area (Å²) in [5.41, 5.74) is 2.99. The van der Waals surface area contributed by atoms with Crippen LogP contribution in [0.15, 0.2) is 30.2 Å². The van der Waals surface area contributed by atoms with Crippen LogP contribution in [0.3, 0.4) is 0 Å². The predicted octanol–water partition coefficient (Wildman–Crippen LogP) is 0.921. The number of rotatable bonds is 1. The minimum absolute atomic E-state index is 0.808. The fraction of sp³-hybridized carbons (Fsp3) is 0. The molecule has 11 heavy (non-hydrogen) atoms. The zero-order valence-electron chi connectivity index (χ0n) is 5.64. The lowest BCUT2D eigenvalue weighted by molar-refractivity contribution is 0.945. The van der Waals surface area contributed by atoms with E-state index in [0.717, 1.165) is 5.82 Å². The highest BCUT2D eigenvalue weighted by Crippen LogP contribution is 2.20. The van der Waals surface area contributed by atoms with Crippen LogP contribution >= 0.6 is 11.9 Å². The van der Waals surface area contributed by atoms with Crippen LogP contribution in [-0.4, -0.2) is 9.97 Å². The lowest BCUT2D eigenvalue weighted by atomic mass is 10.7. The molecule has 1 N–H and O–H groups in total. The van der Waals surface area contributed by atoms with E-state index in [1.807, 2.05) is 16.0 Å². The summed E-state index contributed by atoms with van der Waals surface area (Å²) >= 11 is 1.53. The quantitative estimate of drug-likeness (QED) is 0.628. The molecule has 0 spiro atoms. The van der Waals surface area contributed by atoms with Crippen molar-refractivity contribution in [2.75, 3.05) is 4.41 Å². The van der Waals surface area contributed by atoms with Gasteiger partial charge in [0.25, 0.3) is 0 Å². The minimum atomic E-state index is 0.808. The molecular formula is C6H6N4S. The number of hydrogen-bond acceptors (Lipinski definition) is 5. The first kappa shape index (κ1) is 6.48. The van der Waals surface area contributed by atoms with Gasteiger partial charge in [0.2, 0.25) is 0 Å². The molecule has 0 unspecified atom stereocenters. The molecule has 0 amide bonds. The van der Waals surface area contributed by atoms with Gasteiger partial charge in [0.15, 0.2) is 5.82 Å². The maximum Gasteiger partial charge on any atom is 0.177 e. The average Bonchev–Trinajstić information content (AvgIpc) is 2.58. The molecule has 1 aliphatic rings. The van der Waals surface area contributed by atoms with Crippen LogP contribution in [0.4, 0.5) is 5.82 Å². The van der Waals surface area contributed by atoms with Crippen LogP contribution in [0.25, 0.3) is 0 Å². The van der Waals surface area contributed by atoms with Gasteiger partial charge in [-0.25, -0.2) is 9.40 Å². The summed E-state index contributed by atoms with van der Waals surface area (Å²) in [4.78, 5) is 8.04. The molecular weight excluding hydrogens is 160 g/mol. The molecule has 1 aromatic rings. The number of hydrogen-bond donors (Lipinski definition) is 1. The monoisotopic (exact) mass is 166 g/mol. The van der Waals surface area contributed by atoms with E-state index in [1.54, 1.807) is 18.6 Å². The molecule has 0 aliphatic carbocycles. The van der Waals surface area contributed by atoms with Crippen molar-refractivity contribution in [2.24, 2.45) is 0 Å². The topological polar surface area (TPSA) is 41.1 Å². The van der Waals surface area contributed by atoms with Gasteiger partial charge in [-0.05, 0) is 0 Å². The summed E-state index contributed by atoms with van der Waals surface area (Å²) in [5, 5.41) is 1.94. The standard InChI is InChI=1S/C6H6N4S/c1-2-8-6(5-7-1)10-9-3-4-11-10/h1-5,9H. The minimum Gasteiger partial charge on any atom is -0.293 e. The number of hydrazine groups is 1. The Morgan fingerprint density at radius 3 is 3.09 bits per heavy atom. The molecule has 0 bridgehead atoms. The molecule has 0 fully saturated rings. The fourth-order valence-electron chi connectivity index (χ4n) is 0.736. The Balaban J connectivity index is 2.17. The molecule has 0 saturated carbocycles. The second-order valence-corrected chi connectivity index (χ2v) is 2.74. The van der Waals surface area contributed by atoms with Crippen molar-refractivity contribution < 1.29 is 0 Å². The highest BCUT2D eigenvalue weighted by Gasteiger charge is 2.08. The smallest absolute Gasteiger partial charge is 0.177 e. The molecule has 5 heteroatoms. The van der Waals surface area contributed by atoms with Gasteiger partial charge < -0.3 is 0 Å². The third-order valence-corrected chi connectivity index (χ3v) is 1.94. The maximum absolute atomic E-state index is 4.10. The normalized spacial score (nSPS) is 15.1. The lowest BCUT2D eigenvalue weighted by Gasteiger charge is -2.13. The zero-order chi connectivity index (χ0) is 7.52. The molecule has 56 valence electrons. The van der Waals surface area contributed by atoms with E-state index < -0.39 is 0 Å². The molecule has 4 nitrogen and oxygen atoms in total. The highest BCUT2D eigenvalue weighted by molar-refractivity contribution is 8.03. The molecule has 2 heterocycles. The van der Waals surface area contributed by atoms with E-state index in [4.69, 9.17) is 0 Å². The van der Waals surface area contributed by atoms with Gasteiger partial charge in [-0.3, -0.25) is 10.4 Å². The van der Waals surface area contributed by atoms with Crippen LogP contribution in [0, 0.1) is 0 Å². The van der Waals surface area contributed by atoms with Crippen LogP contribution in [-0.2, 0) is 0 Å². The summed E-state index contributed by atoms with van der Waals surface area (Å²) in [6.45, 7) is 0. The van der Waals surface area contributed by atoms with Crippen molar-refractivity contribution in [3.8, 4) is 0 Å². The summed E-state index contributed by atoms with van der Waals surface area (Å²) in [6.07, 6.45) is 6.86. The van der Waals surface area contributed by atoms with Crippen molar-refractivity contribution >= 4 is 17.8 Å². The molecule has 0 atom stereocenters. The number of nitrogens with one attached hydrogen (secondary N) is 1. The van der Waals surface area contributed by atoms with Gasteiger partial charge in [0, 0.05) is 35.9 Å². The largest absolute Gasteiger partial charge is 0.293 e. The van der Waals surface area contributed by atoms with Crippen molar-refractivity contribution in [1.29, 1.82) is 0 Å². The van der Waals surface area contributed by atoms with Crippen LogP contribution in [0.1, 0.15) is 0 Å². The van der Waals surface area contributed by atoms with Crippen molar-refractivity contribution in [3.63, 3.8) is 0 Å². The van der Waals surface area contributed by atoms with E-state index in [-0.39, 0.29) is 0 Å². The zero-order valence-corrected chi connectivity index (χ0v) is 6.45. The Kier molecular flexibility index (Phi) is 1.64. The Morgan fingerprint density at radius 2 is 2.45 bits per heavy atom. The van der Waals surface area contributed by atoms with Crippen LogP contribution < -0.4 is 9.84 Å². The number of aromatic nitrogens is 2. The van der Waals surface area contributed by atoms with E-state index in [1.165, 1.54) is 11.9 Å². The van der Waals surface area contributed by atoms with E-state index in [0.29, 0.717) is 0 Å². The summed E-state index contributed by atoms with van der Waals surface area (Å²) < 4.78 is 1.83. The van der Waals surface area contributed by atoms with E-state index in [2.05, 4.69) is 15.4 Å². The lowest BCUT2D eigenvalue weighted by Crippen LogP contribution is -2.23. The van der Waals surface area contributed by atoms with Crippen LogP contribution in [0.2, 0.25) is 0 Å². The summed E-state index contributed by atoms with van der Waals surface area (Å²) in [7, 11) is 0. The Labute approximate surface area is 68.4 Å². The number of nitrogens with zero attached hydrogens (tertiary/aromatic N) is 3. The Hall–Kier alpha value is -1.23. The molecule has 0 saturated heterocycles. The van der Waals surface area contributed by atoms with Crippen LogP contribution in [0.5, 0.6) is 0 Å². The van der Waals surface area contributed by atoms with Crippen molar-refractivity contribution in [1.82, 2.24) is 15.4 Å². The second kappa shape index (κ2) is 2.79. The molecule has 1 aromatic heterocycles. The maximum atomic E-state index is 4.10. The first-order chi connectivity index (χ1) is 5.47. The third-order valence-electron chi connectivity index (χ3n) is 1.18. The first-order valence-corrected chi connectivity index (χ1v) is 3.94. The van der Waals surface area contributed by atoms with E-state index >= 15 is 0 Å². The molecule has 2 rings (SSSR count). The first-order valence-electron chi connectivity index (χ1n) is 3.11. The summed E-state index contributed by atoms with van der Waals surface area (Å²) in [6, 6.07) is 0. The summed E-state index contributed by atoms with van der Waals surface area (Å²) in [5.74, 6) is 0.808. The fourth-order valence-corrected chi connectivity index (χ4v) is 1.30. The Bertz CT molecular complexity index is 253. The molecule has 1 aliphatic heterocycles. The predicted molar refractivity (Wildman–Crippen MR) is 44.4 cm³/mol. The van der Waals surface area contributed by atoms with Gasteiger partial charge in [0.05, 0.1) is 6.20 Å². The SMILES string of the molecule is C1=CSN(c2cnccn2)N1. The van der Waals surface area contributed by atoms with Gasteiger partial charge in [-0.1, -0.05) is 0 Å². The third kappa shape index (κ3) is 1.27. The molecule has 0 aromatic carbocycles. The van der Waals surface area contributed by atoms with Gasteiger partial charge in [0.1, 0.15) is 0 Å². The molecule has 0 radical (unpaired) electrons. The van der Waals surface area contributed by atoms with E-state index in [9.17, 15) is 0 Å². The number of anilines is 1. The average molecular weight is 166 g/mol. The van der Waals surface area contributed by atoms with Gasteiger partial charge in [-0.2, -0.15) is 0 Å². The second-order valence-electron chi connectivity index (χ2n) is 1.90. The highest BCUT2D eigenvalue weighted by atomic mass is 32.2. The van der Waals surface area contributed by atoms with Crippen molar-refractivity contribution in [2.45, 2.75) is 0 Å².